The van der Waals surface area contributed by atoms with Crippen LogP contribution in [0.2, 0.25) is 0 Å². The minimum atomic E-state index is -4.23. The molecule has 10 heteroatoms. The molecule has 0 unspecified atom stereocenters. The van der Waals surface area contributed by atoms with Crippen molar-refractivity contribution in [3.63, 3.8) is 0 Å². The summed E-state index contributed by atoms with van der Waals surface area (Å²) in [6.07, 6.45) is 0. The fraction of sp³-hybridized carbons (Fsp3) is 0.294. The van der Waals surface area contributed by atoms with E-state index in [9.17, 15) is 16.8 Å². The second-order valence-electron chi connectivity index (χ2n) is 5.38. The maximum Gasteiger partial charge on any atom is 0.196 e. The van der Waals surface area contributed by atoms with Crippen molar-refractivity contribution < 1.29 is 35.8 Å². The number of sulfone groups is 2. The summed E-state index contributed by atoms with van der Waals surface area (Å²) in [6.45, 7) is 0. The van der Waals surface area contributed by atoms with Gasteiger partial charge in [-0.15, -0.1) is 0 Å². The fourth-order valence-corrected chi connectivity index (χ4v) is 6.49. The Hall–Kier alpha value is -2.46. The molecule has 0 bridgehead atoms. The molecule has 0 radical (unpaired) electrons. The highest BCUT2D eigenvalue weighted by Crippen LogP contribution is 2.33. The van der Waals surface area contributed by atoms with Crippen LogP contribution in [-0.4, -0.2) is 50.4 Å². The molecule has 0 atom stereocenters. The monoisotopic (exact) mass is 416 g/mol. The topological polar surface area (TPSA) is 105 Å². The molecule has 148 valence electrons. The Bertz CT molecular complexity index is 943. The van der Waals surface area contributed by atoms with E-state index in [1.165, 1.54) is 64.8 Å². The molecule has 0 saturated heterocycles. The van der Waals surface area contributed by atoms with Gasteiger partial charge in [-0.25, -0.2) is 16.8 Å². The molecule has 27 heavy (non-hydrogen) atoms. The van der Waals surface area contributed by atoms with E-state index in [-0.39, 0.29) is 21.3 Å². The number of hydrogen-bond donors (Lipinski definition) is 0. The van der Waals surface area contributed by atoms with Crippen LogP contribution in [0.4, 0.5) is 0 Å². The highest BCUT2D eigenvalue weighted by atomic mass is 32.3. The van der Waals surface area contributed by atoms with Crippen LogP contribution in [0, 0.1) is 0 Å². The van der Waals surface area contributed by atoms with Crippen LogP contribution >= 0.6 is 0 Å². The standard InChI is InChI=1S/C17H20O8S2/c1-22-12-5-7-16(14(9-12)24-3)26(18,19)11-27(20,21)17-8-6-13(23-2)10-15(17)25-4/h5-10H,11H2,1-4H3. The van der Waals surface area contributed by atoms with Gasteiger partial charge in [0.05, 0.1) is 28.4 Å². The highest BCUT2D eigenvalue weighted by Gasteiger charge is 2.31. The molecule has 0 amide bonds. The maximum absolute atomic E-state index is 12.8. The Balaban J connectivity index is 2.48. The average Bonchev–Trinajstić information content (AvgIpc) is 2.65. The van der Waals surface area contributed by atoms with E-state index in [0.29, 0.717) is 11.5 Å². The molecule has 0 fully saturated rings. The fourth-order valence-electron chi connectivity index (χ4n) is 2.39. The molecule has 2 rings (SSSR count). The summed E-state index contributed by atoms with van der Waals surface area (Å²) in [7, 11) is -3.05. The first-order valence-corrected chi connectivity index (χ1v) is 10.9. The van der Waals surface area contributed by atoms with Crippen LogP contribution in [0.1, 0.15) is 0 Å². The van der Waals surface area contributed by atoms with Crippen LogP contribution in [0.15, 0.2) is 46.2 Å². The van der Waals surface area contributed by atoms with E-state index in [4.69, 9.17) is 18.9 Å². The SMILES string of the molecule is COc1ccc(S(=O)(=O)CS(=O)(=O)c2ccc(OC)cc2OC)c(OC)c1. The first kappa shape index (κ1) is 20.8. The predicted octanol–water partition coefficient (Wildman–Crippen LogP) is 1.93. The van der Waals surface area contributed by atoms with Gasteiger partial charge in [-0.3, -0.25) is 0 Å². The molecule has 0 spiro atoms. The minimum Gasteiger partial charge on any atom is -0.497 e. The van der Waals surface area contributed by atoms with Crippen molar-refractivity contribution in [3.8, 4) is 23.0 Å². The molecular weight excluding hydrogens is 396 g/mol. The molecule has 0 aliphatic rings. The zero-order valence-electron chi connectivity index (χ0n) is 15.3. The van der Waals surface area contributed by atoms with Crippen LogP contribution in [0.5, 0.6) is 23.0 Å². The average molecular weight is 416 g/mol. The number of hydrogen-bond acceptors (Lipinski definition) is 8. The van der Waals surface area contributed by atoms with Crippen LogP contribution in [0.3, 0.4) is 0 Å². The Morgan fingerprint density at radius 3 is 1.30 bits per heavy atom. The van der Waals surface area contributed by atoms with Gasteiger partial charge in [0.25, 0.3) is 0 Å². The van der Waals surface area contributed by atoms with Crippen molar-refractivity contribution in [3.05, 3.63) is 36.4 Å². The maximum atomic E-state index is 12.8. The van der Waals surface area contributed by atoms with Crippen molar-refractivity contribution in [1.29, 1.82) is 0 Å². The van der Waals surface area contributed by atoms with E-state index in [0.717, 1.165) is 0 Å². The first-order chi connectivity index (χ1) is 12.7. The highest BCUT2D eigenvalue weighted by molar-refractivity contribution is 8.08. The smallest absolute Gasteiger partial charge is 0.196 e. The Morgan fingerprint density at radius 1 is 0.630 bits per heavy atom. The van der Waals surface area contributed by atoms with Gasteiger partial charge in [0.15, 0.2) is 24.8 Å². The zero-order valence-corrected chi connectivity index (χ0v) is 16.9. The minimum absolute atomic E-state index is 0.00811. The number of rotatable bonds is 8. The van der Waals surface area contributed by atoms with Crippen LogP contribution < -0.4 is 18.9 Å². The van der Waals surface area contributed by atoms with Gasteiger partial charge in [-0.05, 0) is 24.3 Å². The molecule has 0 aromatic heterocycles. The van der Waals surface area contributed by atoms with Gasteiger partial charge < -0.3 is 18.9 Å². The summed E-state index contributed by atoms with van der Waals surface area (Å²) in [5.74, 6) is 0.744. The summed E-state index contributed by atoms with van der Waals surface area (Å²) in [5, 5.41) is -1.15. The van der Waals surface area contributed by atoms with Crippen molar-refractivity contribution in [2.75, 3.05) is 33.5 Å². The van der Waals surface area contributed by atoms with Crippen LogP contribution in [-0.2, 0) is 19.7 Å². The van der Waals surface area contributed by atoms with Crippen LogP contribution in [0.25, 0.3) is 0 Å². The Morgan fingerprint density at radius 2 is 1.00 bits per heavy atom. The van der Waals surface area contributed by atoms with E-state index in [1.54, 1.807) is 0 Å². The molecule has 8 nitrogen and oxygen atoms in total. The van der Waals surface area contributed by atoms with E-state index in [1.807, 2.05) is 0 Å². The first-order valence-electron chi connectivity index (χ1n) is 7.58. The molecule has 2 aromatic rings. The summed E-state index contributed by atoms with van der Waals surface area (Å²) in [4.78, 5) is -0.497. The Kier molecular flexibility index (Phi) is 6.22. The third-order valence-electron chi connectivity index (χ3n) is 3.72. The lowest BCUT2D eigenvalue weighted by Gasteiger charge is -2.13. The second-order valence-corrected chi connectivity index (χ2v) is 9.66. The lowest BCUT2D eigenvalue weighted by Crippen LogP contribution is -2.18. The summed E-state index contributed by atoms with van der Waals surface area (Å²) in [6, 6.07) is 8.05. The molecule has 0 N–H and O–H groups in total. The van der Waals surface area contributed by atoms with Crippen molar-refractivity contribution in [2.45, 2.75) is 9.79 Å². The lowest BCUT2D eigenvalue weighted by molar-refractivity contribution is 0.386. The Labute approximate surface area is 158 Å². The lowest BCUT2D eigenvalue weighted by atomic mass is 10.3. The summed E-state index contributed by atoms with van der Waals surface area (Å²) < 4.78 is 71.2. The van der Waals surface area contributed by atoms with Crippen molar-refractivity contribution >= 4 is 19.7 Å². The van der Waals surface area contributed by atoms with Gasteiger partial charge in [-0.1, -0.05) is 0 Å². The van der Waals surface area contributed by atoms with Gasteiger partial charge in [0.2, 0.25) is 0 Å². The largest absolute Gasteiger partial charge is 0.497 e. The molecule has 0 heterocycles. The molecule has 2 aromatic carbocycles. The third kappa shape index (κ3) is 4.45. The third-order valence-corrected chi connectivity index (χ3v) is 8.22. The number of ether oxygens (including phenoxy) is 4. The number of methoxy groups -OCH3 is 4. The van der Waals surface area contributed by atoms with Gasteiger partial charge >= 0.3 is 0 Å². The van der Waals surface area contributed by atoms with E-state index >= 15 is 0 Å². The van der Waals surface area contributed by atoms with Gasteiger partial charge in [-0.2, -0.15) is 0 Å². The second kappa shape index (κ2) is 8.05. The molecule has 0 aliphatic heterocycles. The van der Waals surface area contributed by atoms with Gasteiger partial charge in [0, 0.05) is 12.1 Å². The molecule has 0 aliphatic carbocycles. The predicted molar refractivity (Wildman–Crippen MR) is 98.3 cm³/mol. The zero-order chi connectivity index (χ0) is 20.2. The number of benzene rings is 2. The van der Waals surface area contributed by atoms with Crippen molar-refractivity contribution in [2.24, 2.45) is 0 Å². The summed E-state index contributed by atoms with van der Waals surface area (Å²) in [5.41, 5.74) is 0. The van der Waals surface area contributed by atoms with Gasteiger partial charge in [0.1, 0.15) is 32.8 Å². The van der Waals surface area contributed by atoms with Crippen molar-refractivity contribution in [1.82, 2.24) is 0 Å². The van der Waals surface area contributed by atoms with E-state index in [2.05, 4.69) is 0 Å². The summed E-state index contributed by atoms with van der Waals surface area (Å²) >= 11 is 0. The molecule has 0 saturated carbocycles. The quantitative estimate of drug-likeness (QED) is 0.643. The molecular formula is C17H20O8S2. The normalized spacial score (nSPS) is 11.7. The van der Waals surface area contributed by atoms with E-state index < -0.39 is 24.8 Å².